The van der Waals surface area contributed by atoms with Crippen LogP contribution in [0.5, 0.6) is 0 Å². The Morgan fingerprint density at radius 2 is 2.40 bits per heavy atom. The van der Waals surface area contributed by atoms with Gasteiger partial charge in [0.2, 0.25) is 0 Å². The van der Waals surface area contributed by atoms with E-state index in [2.05, 4.69) is 26.8 Å². The van der Waals surface area contributed by atoms with Gasteiger partial charge in [0, 0.05) is 23.8 Å². The van der Waals surface area contributed by atoms with E-state index < -0.39 is 0 Å². The number of amides is 1. The van der Waals surface area contributed by atoms with Crippen LogP contribution in [0.15, 0.2) is 36.8 Å². The zero-order valence-corrected chi connectivity index (χ0v) is 13.6. The second-order valence-corrected chi connectivity index (χ2v) is 6.24. The zero-order valence-electron chi connectivity index (χ0n) is 13.6. The van der Waals surface area contributed by atoms with Gasteiger partial charge in [-0.05, 0) is 25.5 Å². The van der Waals surface area contributed by atoms with E-state index in [-0.39, 0.29) is 5.91 Å². The summed E-state index contributed by atoms with van der Waals surface area (Å²) < 4.78 is 1.85. The number of carbonyl (C=O) groups is 1. The molecule has 1 atom stereocenters. The number of aromatic amines is 1. The fourth-order valence-corrected chi connectivity index (χ4v) is 3.30. The number of hydrogen-bond acceptors (Lipinski definition) is 4. The first-order chi connectivity index (χ1) is 12.2. The van der Waals surface area contributed by atoms with Crippen LogP contribution in [-0.2, 0) is 6.54 Å². The summed E-state index contributed by atoms with van der Waals surface area (Å²) >= 11 is 0. The van der Waals surface area contributed by atoms with Crippen LogP contribution in [0.2, 0.25) is 0 Å². The maximum absolute atomic E-state index is 12.6. The summed E-state index contributed by atoms with van der Waals surface area (Å²) in [7, 11) is 0. The molecule has 2 aromatic heterocycles. The highest BCUT2D eigenvalue weighted by atomic mass is 16.1. The van der Waals surface area contributed by atoms with Crippen LogP contribution < -0.4 is 10.6 Å². The summed E-state index contributed by atoms with van der Waals surface area (Å²) in [6.07, 6.45) is 7.46. The van der Waals surface area contributed by atoms with E-state index in [0.717, 1.165) is 24.9 Å². The molecule has 1 unspecified atom stereocenters. The second-order valence-electron chi connectivity index (χ2n) is 6.24. The molecule has 0 aliphatic carbocycles. The highest BCUT2D eigenvalue weighted by molar-refractivity contribution is 6.12. The van der Waals surface area contributed by atoms with Gasteiger partial charge in [0.1, 0.15) is 6.07 Å². The molecule has 1 amide bonds. The number of aromatic nitrogens is 3. The van der Waals surface area contributed by atoms with Gasteiger partial charge in [-0.2, -0.15) is 10.4 Å². The third-order valence-electron chi connectivity index (χ3n) is 4.54. The normalized spacial score (nSPS) is 16.8. The monoisotopic (exact) mass is 334 g/mol. The van der Waals surface area contributed by atoms with Gasteiger partial charge < -0.3 is 15.6 Å². The highest BCUT2D eigenvalue weighted by Gasteiger charge is 2.16. The largest absolute Gasteiger partial charge is 0.359 e. The zero-order chi connectivity index (χ0) is 17.2. The van der Waals surface area contributed by atoms with Gasteiger partial charge in [0.05, 0.1) is 35.1 Å². The molecular weight excluding hydrogens is 316 g/mol. The fraction of sp³-hybridized carbons (Fsp3) is 0.278. The number of nitriles is 1. The lowest BCUT2D eigenvalue weighted by atomic mass is 10.1. The molecule has 3 heterocycles. The molecule has 1 aromatic carbocycles. The molecule has 7 heteroatoms. The lowest BCUT2D eigenvalue weighted by Crippen LogP contribution is -2.26. The minimum atomic E-state index is -0.226. The molecule has 0 bridgehead atoms. The first-order valence-corrected chi connectivity index (χ1v) is 8.32. The van der Waals surface area contributed by atoms with Gasteiger partial charge in [-0.3, -0.25) is 9.48 Å². The quantitative estimate of drug-likeness (QED) is 0.681. The van der Waals surface area contributed by atoms with Crippen LogP contribution in [0, 0.1) is 11.3 Å². The molecule has 0 radical (unpaired) electrons. The first kappa shape index (κ1) is 15.4. The standard InChI is InChI=1S/C18H18N6O/c19-7-12-8-21-17-15(12)4-1-5-16(17)18(25)23-14-9-22-24(11-14)10-13-3-2-6-20-13/h1,4-5,8-9,11,13,20-21H,2-3,6,10H2,(H,23,25). The summed E-state index contributed by atoms with van der Waals surface area (Å²) in [6, 6.07) is 7.91. The molecule has 25 heavy (non-hydrogen) atoms. The molecule has 0 spiro atoms. The minimum Gasteiger partial charge on any atom is -0.359 e. The molecular formula is C18H18N6O. The predicted octanol–water partition coefficient (Wildman–Crippen LogP) is 2.24. The maximum atomic E-state index is 12.6. The van der Waals surface area contributed by atoms with E-state index in [1.54, 1.807) is 24.5 Å². The Kier molecular flexibility index (Phi) is 3.96. The van der Waals surface area contributed by atoms with Crippen LogP contribution in [-0.4, -0.2) is 33.3 Å². The number of hydrogen-bond donors (Lipinski definition) is 3. The van der Waals surface area contributed by atoms with Gasteiger partial charge in [-0.15, -0.1) is 0 Å². The molecule has 1 aliphatic heterocycles. The fourth-order valence-electron chi connectivity index (χ4n) is 3.30. The van der Waals surface area contributed by atoms with E-state index in [4.69, 9.17) is 5.26 Å². The molecule has 7 nitrogen and oxygen atoms in total. The number of rotatable bonds is 4. The van der Waals surface area contributed by atoms with Crippen LogP contribution in [0.4, 0.5) is 5.69 Å². The minimum absolute atomic E-state index is 0.226. The average Bonchev–Trinajstić information content (AvgIpc) is 3.35. The number of benzene rings is 1. The van der Waals surface area contributed by atoms with Crippen LogP contribution >= 0.6 is 0 Å². The average molecular weight is 334 g/mol. The van der Waals surface area contributed by atoms with E-state index in [1.807, 2.05) is 16.9 Å². The van der Waals surface area contributed by atoms with E-state index in [0.29, 0.717) is 28.4 Å². The van der Waals surface area contributed by atoms with Crippen molar-refractivity contribution >= 4 is 22.5 Å². The Morgan fingerprint density at radius 3 is 3.20 bits per heavy atom. The molecule has 1 saturated heterocycles. The lowest BCUT2D eigenvalue weighted by Gasteiger charge is -2.09. The van der Waals surface area contributed by atoms with Crippen molar-refractivity contribution in [3.8, 4) is 6.07 Å². The molecule has 1 fully saturated rings. The molecule has 126 valence electrons. The Bertz CT molecular complexity index is 958. The topological polar surface area (TPSA) is 98.5 Å². The van der Waals surface area contributed by atoms with Crippen LogP contribution in [0.1, 0.15) is 28.8 Å². The van der Waals surface area contributed by atoms with Crippen molar-refractivity contribution in [3.63, 3.8) is 0 Å². The summed E-state index contributed by atoms with van der Waals surface area (Å²) in [5, 5.41) is 20.5. The second kappa shape index (κ2) is 6.42. The Labute approximate surface area is 144 Å². The van der Waals surface area contributed by atoms with Crippen molar-refractivity contribution in [2.75, 3.05) is 11.9 Å². The summed E-state index contributed by atoms with van der Waals surface area (Å²) in [5.74, 6) is -0.226. The molecule has 3 aromatic rings. The van der Waals surface area contributed by atoms with Gasteiger partial charge in [0.15, 0.2) is 0 Å². The van der Waals surface area contributed by atoms with Crippen LogP contribution in [0.3, 0.4) is 0 Å². The van der Waals surface area contributed by atoms with Gasteiger partial charge in [-0.25, -0.2) is 0 Å². The number of fused-ring (bicyclic) bond motifs is 1. The third-order valence-corrected chi connectivity index (χ3v) is 4.54. The smallest absolute Gasteiger partial charge is 0.257 e. The Hall–Kier alpha value is -3.11. The number of carbonyl (C=O) groups excluding carboxylic acids is 1. The molecule has 4 rings (SSSR count). The maximum Gasteiger partial charge on any atom is 0.257 e. The van der Waals surface area contributed by atoms with Crippen LogP contribution in [0.25, 0.3) is 10.9 Å². The molecule has 3 N–H and O–H groups in total. The van der Waals surface area contributed by atoms with E-state index in [9.17, 15) is 4.79 Å². The number of H-pyrrole nitrogens is 1. The summed E-state index contributed by atoms with van der Waals surface area (Å²) in [4.78, 5) is 15.6. The number of nitrogens with zero attached hydrogens (tertiary/aromatic N) is 3. The lowest BCUT2D eigenvalue weighted by molar-refractivity contribution is 0.102. The van der Waals surface area contributed by atoms with Gasteiger partial charge in [-0.1, -0.05) is 12.1 Å². The van der Waals surface area contributed by atoms with Crippen molar-refractivity contribution < 1.29 is 4.79 Å². The highest BCUT2D eigenvalue weighted by Crippen LogP contribution is 2.22. The van der Waals surface area contributed by atoms with E-state index in [1.165, 1.54) is 6.42 Å². The van der Waals surface area contributed by atoms with Gasteiger partial charge >= 0.3 is 0 Å². The first-order valence-electron chi connectivity index (χ1n) is 8.32. The Morgan fingerprint density at radius 1 is 1.48 bits per heavy atom. The summed E-state index contributed by atoms with van der Waals surface area (Å²) in [5.41, 5.74) is 2.36. The number of nitrogens with one attached hydrogen (secondary N) is 3. The van der Waals surface area contributed by atoms with E-state index >= 15 is 0 Å². The molecule has 1 aliphatic rings. The predicted molar refractivity (Wildman–Crippen MR) is 94.2 cm³/mol. The Balaban J connectivity index is 1.52. The molecule has 0 saturated carbocycles. The van der Waals surface area contributed by atoms with Crippen molar-refractivity contribution in [3.05, 3.63) is 47.9 Å². The number of anilines is 1. The third kappa shape index (κ3) is 2.99. The number of para-hydroxylation sites is 1. The van der Waals surface area contributed by atoms with Crippen molar-refractivity contribution in [2.24, 2.45) is 0 Å². The van der Waals surface area contributed by atoms with Gasteiger partial charge in [0.25, 0.3) is 5.91 Å². The van der Waals surface area contributed by atoms with Crippen molar-refractivity contribution in [2.45, 2.75) is 25.4 Å². The summed E-state index contributed by atoms with van der Waals surface area (Å²) in [6.45, 7) is 1.86. The SMILES string of the molecule is N#Cc1c[nH]c2c(C(=O)Nc3cnn(CC4CCCN4)c3)cccc12. The van der Waals surface area contributed by atoms with Crippen molar-refractivity contribution in [1.29, 1.82) is 5.26 Å². The van der Waals surface area contributed by atoms with Crippen molar-refractivity contribution in [1.82, 2.24) is 20.1 Å².